The van der Waals surface area contributed by atoms with Crippen molar-refractivity contribution in [2.75, 3.05) is 25.4 Å². The number of piperidine rings is 1. The molecule has 1 spiro atoms. The zero-order chi connectivity index (χ0) is 18.9. The third-order valence-corrected chi connectivity index (χ3v) is 8.08. The van der Waals surface area contributed by atoms with Crippen molar-refractivity contribution >= 4 is 23.6 Å². The summed E-state index contributed by atoms with van der Waals surface area (Å²) in [7, 11) is 0. The monoisotopic (exact) mass is 386 g/mol. The molecule has 0 N–H and O–H groups in total. The van der Waals surface area contributed by atoms with Crippen LogP contribution < -0.4 is 0 Å². The fourth-order valence-electron chi connectivity index (χ4n) is 4.85. The largest absolute Gasteiger partial charge is 0.342 e. The van der Waals surface area contributed by atoms with Gasteiger partial charge in [0.1, 0.15) is 0 Å². The van der Waals surface area contributed by atoms with Crippen LogP contribution in [0.25, 0.3) is 0 Å². The normalized spacial score (nSPS) is 23.0. The highest BCUT2D eigenvalue weighted by Crippen LogP contribution is 2.45. The van der Waals surface area contributed by atoms with Crippen molar-refractivity contribution in [3.63, 3.8) is 0 Å². The van der Waals surface area contributed by atoms with Crippen LogP contribution in [0.4, 0.5) is 0 Å². The summed E-state index contributed by atoms with van der Waals surface area (Å²) in [6.07, 6.45) is 7.59. The van der Waals surface area contributed by atoms with E-state index in [2.05, 4.69) is 9.80 Å². The van der Waals surface area contributed by atoms with Crippen LogP contribution in [0.2, 0.25) is 0 Å². The molecule has 2 amide bonds. The molecule has 4 nitrogen and oxygen atoms in total. The van der Waals surface area contributed by atoms with Crippen LogP contribution in [0, 0.1) is 12.8 Å². The van der Waals surface area contributed by atoms with Gasteiger partial charge in [-0.3, -0.25) is 9.59 Å². The summed E-state index contributed by atoms with van der Waals surface area (Å²) in [5.41, 5.74) is 1.95. The first kappa shape index (κ1) is 18.9. The fourth-order valence-corrected chi connectivity index (χ4v) is 6.30. The van der Waals surface area contributed by atoms with Crippen molar-refractivity contribution in [1.29, 1.82) is 0 Å². The molecule has 1 saturated carbocycles. The van der Waals surface area contributed by atoms with Gasteiger partial charge >= 0.3 is 0 Å². The van der Waals surface area contributed by atoms with Crippen LogP contribution in [0.1, 0.15) is 60.9 Å². The lowest BCUT2D eigenvalue weighted by Gasteiger charge is -2.45. The van der Waals surface area contributed by atoms with E-state index in [9.17, 15) is 9.59 Å². The molecule has 1 aromatic carbocycles. The second-order valence-corrected chi connectivity index (χ2v) is 9.73. The summed E-state index contributed by atoms with van der Waals surface area (Å²) in [6, 6.07) is 7.90. The number of nitrogens with zero attached hydrogens (tertiary/aromatic N) is 2. The average molecular weight is 387 g/mol. The molecule has 4 rings (SSSR count). The second-order valence-electron chi connectivity index (χ2n) is 8.28. The highest BCUT2D eigenvalue weighted by atomic mass is 32.2. The van der Waals surface area contributed by atoms with Gasteiger partial charge in [-0.25, -0.2) is 0 Å². The van der Waals surface area contributed by atoms with Crippen LogP contribution in [-0.4, -0.2) is 51.9 Å². The number of aryl methyl sites for hydroxylation is 1. The van der Waals surface area contributed by atoms with Crippen LogP contribution in [0.5, 0.6) is 0 Å². The van der Waals surface area contributed by atoms with Gasteiger partial charge in [0.25, 0.3) is 5.91 Å². The zero-order valence-corrected chi connectivity index (χ0v) is 17.1. The van der Waals surface area contributed by atoms with Crippen LogP contribution in [-0.2, 0) is 4.79 Å². The van der Waals surface area contributed by atoms with E-state index in [1.54, 1.807) is 0 Å². The Bertz CT molecular complexity index is 689. The molecule has 0 atom stereocenters. The second kappa shape index (κ2) is 7.86. The summed E-state index contributed by atoms with van der Waals surface area (Å²) >= 11 is 1.92. The molecule has 27 heavy (non-hydrogen) atoms. The first-order chi connectivity index (χ1) is 13.1. The number of carbonyl (C=O) groups excluding carboxylic acids is 2. The van der Waals surface area contributed by atoms with Gasteiger partial charge in [0.15, 0.2) is 0 Å². The van der Waals surface area contributed by atoms with Gasteiger partial charge in [-0.2, -0.15) is 0 Å². The molecule has 146 valence electrons. The number of amides is 2. The average Bonchev–Trinajstić information content (AvgIpc) is 3.11. The number of rotatable bonds is 2. The van der Waals surface area contributed by atoms with Crippen LogP contribution >= 0.6 is 11.8 Å². The standard InChI is InChI=1S/C22H30N2O2S/c1-17-7-9-19(10-8-17)21(26)24-15-16-27-22(24)11-13-23(14-12-22)20(25)18-5-3-2-4-6-18/h7-10,18H,2-6,11-16H2,1H3. The highest BCUT2D eigenvalue weighted by molar-refractivity contribution is 8.00. The molecule has 2 aliphatic heterocycles. The van der Waals surface area contributed by atoms with Crippen molar-refractivity contribution in [3.8, 4) is 0 Å². The summed E-state index contributed by atoms with van der Waals surface area (Å²) in [4.78, 5) is 30.0. The van der Waals surface area contributed by atoms with E-state index in [0.29, 0.717) is 5.91 Å². The van der Waals surface area contributed by atoms with E-state index >= 15 is 0 Å². The lowest BCUT2D eigenvalue weighted by molar-refractivity contribution is -0.138. The van der Waals surface area contributed by atoms with Crippen molar-refractivity contribution in [2.24, 2.45) is 5.92 Å². The number of likely N-dealkylation sites (tertiary alicyclic amines) is 1. The predicted molar refractivity (Wildman–Crippen MR) is 110 cm³/mol. The minimum atomic E-state index is -0.120. The highest BCUT2D eigenvalue weighted by Gasteiger charge is 2.47. The Labute approximate surface area is 166 Å². The van der Waals surface area contributed by atoms with E-state index in [0.717, 1.165) is 56.6 Å². The number of carbonyl (C=O) groups is 2. The van der Waals surface area contributed by atoms with E-state index in [-0.39, 0.29) is 16.7 Å². The van der Waals surface area contributed by atoms with Crippen molar-refractivity contribution in [2.45, 2.75) is 56.7 Å². The number of hydrogen-bond acceptors (Lipinski definition) is 3. The maximum atomic E-state index is 13.1. The first-order valence-corrected chi connectivity index (χ1v) is 11.4. The van der Waals surface area contributed by atoms with E-state index in [1.165, 1.54) is 24.8 Å². The first-order valence-electron chi connectivity index (χ1n) is 10.4. The van der Waals surface area contributed by atoms with Gasteiger partial charge in [-0.1, -0.05) is 37.0 Å². The molecule has 0 radical (unpaired) electrons. The topological polar surface area (TPSA) is 40.6 Å². The molecule has 0 aromatic heterocycles. The number of thioether (sulfide) groups is 1. The third kappa shape index (κ3) is 3.75. The Morgan fingerprint density at radius 3 is 2.33 bits per heavy atom. The van der Waals surface area contributed by atoms with Gasteiger partial charge in [0.2, 0.25) is 5.91 Å². The number of hydrogen-bond donors (Lipinski definition) is 0. The Morgan fingerprint density at radius 2 is 1.67 bits per heavy atom. The van der Waals surface area contributed by atoms with Crippen molar-refractivity contribution in [1.82, 2.24) is 9.80 Å². The lowest BCUT2D eigenvalue weighted by atomic mass is 9.87. The van der Waals surface area contributed by atoms with Gasteiger partial charge < -0.3 is 9.80 Å². The summed E-state index contributed by atoms with van der Waals surface area (Å²) in [5.74, 6) is 1.75. The van der Waals surface area contributed by atoms with E-state index in [4.69, 9.17) is 0 Å². The molecule has 1 aliphatic carbocycles. The molecular weight excluding hydrogens is 356 g/mol. The van der Waals surface area contributed by atoms with Crippen LogP contribution in [0.15, 0.2) is 24.3 Å². The molecule has 2 saturated heterocycles. The molecule has 3 aliphatic rings. The fraction of sp³-hybridized carbons (Fsp3) is 0.636. The van der Waals surface area contributed by atoms with Gasteiger partial charge in [-0.05, 0) is 44.7 Å². The van der Waals surface area contributed by atoms with Crippen molar-refractivity contribution in [3.05, 3.63) is 35.4 Å². The minimum Gasteiger partial charge on any atom is -0.342 e. The Kier molecular flexibility index (Phi) is 5.49. The zero-order valence-electron chi connectivity index (χ0n) is 16.3. The molecule has 0 unspecified atom stereocenters. The molecule has 5 heteroatoms. The Hall–Kier alpha value is -1.49. The maximum absolute atomic E-state index is 13.1. The Balaban J connectivity index is 1.42. The molecular formula is C22H30N2O2S. The molecule has 0 bridgehead atoms. The predicted octanol–water partition coefficient (Wildman–Crippen LogP) is 4.08. The molecule has 1 aromatic rings. The quantitative estimate of drug-likeness (QED) is 0.769. The van der Waals surface area contributed by atoms with Gasteiger partial charge in [0.05, 0.1) is 4.87 Å². The lowest BCUT2D eigenvalue weighted by Crippen LogP contribution is -2.54. The minimum absolute atomic E-state index is 0.120. The smallest absolute Gasteiger partial charge is 0.254 e. The summed E-state index contributed by atoms with van der Waals surface area (Å²) in [5, 5.41) is 0. The Morgan fingerprint density at radius 1 is 1.00 bits per heavy atom. The SMILES string of the molecule is Cc1ccc(C(=O)N2CCSC23CCN(C(=O)C2CCCCC2)CC3)cc1. The van der Waals surface area contributed by atoms with E-state index < -0.39 is 0 Å². The van der Waals surface area contributed by atoms with Crippen molar-refractivity contribution < 1.29 is 9.59 Å². The van der Waals surface area contributed by atoms with Crippen LogP contribution in [0.3, 0.4) is 0 Å². The summed E-state index contributed by atoms with van der Waals surface area (Å²) in [6.45, 7) is 4.44. The maximum Gasteiger partial charge on any atom is 0.254 e. The number of benzene rings is 1. The third-order valence-electron chi connectivity index (χ3n) is 6.53. The van der Waals surface area contributed by atoms with E-state index in [1.807, 2.05) is 43.0 Å². The molecule has 3 fully saturated rings. The van der Waals surface area contributed by atoms with Gasteiger partial charge in [-0.15, -0.1) is 11.8 Å². The summed E-state index contributed by atoms with van der Waals surface area (Å²) < 4.78 is 0. The molecule has 2 heterocycles. The van der Waals surface area contributed by atoms with Gasteiger partial charge in [0, 0.05) is 36.9 Å².